The Hall–Kier alpha value is -1.54. The number of hydrogen-bond acceptors (Lipinski definition) is 6. The fourth-order valence-corrected chi connectivity index (χ4v) is 2.92. The molecule has 8 heteroatoms. The van der Waals surface area contributed by atoms with Crippen molar-refractivity contribution in [2.24, 2.45) is 0 Å². The number of ether oxygens (including phenoxy) is 2. The van der Waals surface area contributed by atoms with Crippen LogP contribution < -0.4 is 0 Å². The van der Waals surface area contributed by atoms with Gasteiger partial charge in [-0.05, 0) is 67.3 Å². The lowest BCUT2D eigenvalue weighted by Gasteiger charge is -2.32. The molecule has 1 saturated heterocycles. The van der Waals surface area contributed by atoms with Gasteiger partial charge >= 0.3 is 19.2 Å². The summed E-state index contributed by atoms with van der Waals surface area (Å²) >= 11 is 0. The average molecular weight is 381 g/mol. The van der Waals surface area contributed by atoms with Gasteiger partial charge in [0.2, 0.25) is 0 Å². The molecule has 0 atom stereocenters. The molecule has 0 aromatic heterocycles. The molecule has 0 unspecified atom stereocenters. The Morgan fingerprint density at radius 1 is 1.15 bits per heavy atom. The van der Waals surface area contributed by atoms with Gasteiger partial charge in [0.05, 0.1) is 29.9 Å². The maximum atomic E-state index is 12.6. The highest BCUT2D eigenvalue weighted by atomic mass is 16.7. The Bertz CT molecular complexity index is 619. The molecule has 0 aromatic rings. The van der Waals surface area contributed by atoms with Crippen LogP contribution in [-0.4, -0.2) is 60.6 Å². The first-order valence-electron chi connectivity index (χ1n) is 9.50. The molecule has 0 N–H and O–H groups in total. The predicted molar refractivity (Wildman–Crippen MR) is 102 cm³/mol. The first-order valence-corrected chi connectivity index (χ1v) is 9.50. The zero-order chi connectivity index (χ0) is 20.6. The second-order valence-corrected chi connectivity index (χ2v) is 8.96. The van der Waals surface area contributed by atoms with Gasteiger partial charge in [-0.15, -0.1) is 0 Å². The molecular formula is C19H32BNO6. The molecule has 0 aromatic carbocycles. The van der Waals surface area contributed by atoms with Crippen LogP contribution in [-0.2, 0) is 23.6 Å². The highest BCUT2D eigenvalue weighted by Crippen LogP contribution is 2.40. The van der Waals surface area contributed by atoms with Gasteiger partial charge in [-0.1, -0.05) is 0 Å². The van der Waals surface area contributed by atoms with Crippen LogP contribution in [0.3, 0.4) is 0 Å². The number of amides is 1. The van der Waals surface area contributed by atoms with Gasteiger partial charge in [-0.3, -0.25) is 0 Å². The van der Waals surface area contributed by atoms with Crippen LogP contribution in [0.15, 0.2) is 11.0 Å². The van der Waals surface area contributed by atoms with Crippen molar-refractivity contribution in [1.82, 2.24) is 4.90 Å². The normalized spacial score (nSPS) is 22.1. The SMILES string of the molecule is CCOC(=O)C1=C(B2OC(C)(C)C(C)(C)O2)CCN(C(=O)OC(C)(C)C)C1. The van der Waals surface area contributed by atoms with E-state index < -0.39 is 36.0 Å². The van der Waals surface area contributed by atoms with E-state index in [0.29, 0.717) is 18.5 Å². The summed E-state index contributed by atoms with van der Waals surface area (Å²) in [5, 5.41) is 0. The summed E-state index contributed by atoms with van der Waals surface area (Å²) in [5.74, 6) is -0.449. The summed E-state index contributed by atoms with van der Waals surface area (Å²) < 4.78 is 22.9. The van der Waals surface area contributed by atoms with Crippen molar-refractivity contribution in [1.29, 1.82) is 0 Å². The molecule has 2 aliphatic rings. The van der Waals surface area contributed by atoms with Crippen molar-refractivity contribution >= 4 is 19.2 Å². The molecule has 0 bridgehead atoms. The third kappa shape index (κ3) is 4.85. The highest BCUT2D eigenvalue weighted by molar-refractivity contribution is 6.55. The molecule has 2 heterocycles. The minimum atomic E-state index is -0.629. The fourth-order valence-electron chi connectivity index (χ4n) is 2.92. The van der Waals surface area contributed by atoms with Crippen LogP contribution in [0.5, 0.6) is 0 Å². The van der Waals surface area contributed by atoms with E-state index in [0.717, 1.165) is 5.47 Å². The summed E-state index contributed by atoms with van der Waals surface area (Å²) in [7, 11) is -0.629. The van der Waals surface area contributed by atoms with Crippen LogP contribution in [0.2, 0.25) is 0 Å². The molecule has 7 nitrogen and oxygen atoms in total. The minimum absolute atomic E-state index is 0.118. The third-order valence-electron chi connectivity index (χ3n) is 5.10. The number of nitrogens with zero attached hydrogens (tertiary/aromatic N) is 1. The maximum Gasteiger partial charge on any atom is 0.491 e. The quantitative estimate of drug-likeness (QED) is 0.553. The van der Waals surface area contributed by atoms with Gasteiger partial charge in [0.15, 0.2) is 0 Å². The smallest absolute Gasteiger partial charge is 0.463 e. The maximum absolute atomic E-state index is 12.6. The highest BCUT2D eigenvalue weighted by Gasteiger charge is 2.53. The predicted octanol–water partition coefficient (Wildman–Crippen LogP) is 3.12. The molecule has 1 fully saturated rings. The van der Waals surface area contributed by atoms with E-state index in [1.165, 1.54) is 4.90 Å². The van der Waals surface area contributed by atoms with E-state index in [2.05, 4.69) is 0 Å². The monoisotopic (exact) mass is 381 g/mol. The van der Waals surface area contributed by atoms with Crippen LogP contribution in [0, 0.1) is 0 Å². The van der Waals surface area contributed by atoms with E-state index in [9.17, 15) is 9.59 Å². The Morgan fingerprint density at radius 3 is 2.19 bits per heavy atom. The van der Waals surface area contributed by atoms with Crippen molar-refractivity contribution in [2.75, 3.05) is 19.7 Å². The van der Waals surface area contributed by atoms with Crippen molar-refractivity contribution in [3.05, 3.63) is 11.0 Å². The average Bonchev–Trinajstić information content (AvgIpc) is 2.73. The Balaban J connectivity index is 2.29. The summed E-state index contributed by atoms with van der Waals surface area (Å²) in [4.78, 5) is 26.5. The number of carbonyl (C=O) groups is 2. The molecule has 2 rings (SSSR count). The zero-order valence-corrected chi connectivity index (χ0v) is 17.8. The topological polar surface area (TPSA) is 74.3 Å². The van der Waals surface area contributed by atoms with Crippen molar-refractivity contribution in [3.8, 4) is 0 Å². The molecule has 0 spiro atoms. The molecule has 0 radical (unpaired) electrons. The molecule has 1 amide bonds. The molecule has 152 valence electrons. The second-order valence-electron chi connectivity index (χ2n) is 8.96. The Labute approximate surface area is 162 Å². The van der Waals surface area contributed by atoms with Gasteiger partial charge in [0, 0.05) is 6.54 Å². The number of esters is 1. The van der Waals surface area contributed by atoms with Crippen LogP contribution in [0.25, 0.3) is 0 Å². The van der Waals surface area contributed by atoms with E-state index >= 15 is 0 Å². The van der Waals surface area contributed by atoms with Crippen LogP contribution in [0.4, 0.5) is 4.79 Å². The van der Waals surface area contributed by atoms with E-state index in [1.807, 2.05) is 48.5 Å². The largest absolute Gasteiger partial charge is 0.491 e. The van der Waals surface area contributed by atoms with Crippen LogP contribution in [0.1, 0.15) is 61.8 Å². The molecule has 0 aliphatic carbocycles. The number of hydrogen-bond donors (Lipinski definition) is 0. The molecule has 2 aliphatic heterocycles. The van der Waals surface area contributed by atoms with Gasteiger partial charge in [-0.25, -0.2) is 9.59 Å². The standard InChI is InChI=1S/C19H32BNO6/c1-9-24-15(22)13-12-21(16(23)25-17(2,3)4)11-10-14(13)20-26-18(5,6)19(7,8)27-20/h9-12H2,1-8H3. The first-order chi connectivity index (χ1) is 12.3. The van der Waals surface area contributed by atoms with Crippen molar-refractivity contribution in [2.45, 2.75) is 78.6 Å². The Kier molecular flexibility index (Phi) is 6.02. The van der Waals surface area contributed by atoms with Gasteiger partial charge in [0.25, 0.3) is 0 Å². The lowest BCUT2D eigenvalue weighted by Crippen LogP contribution is -2.44. The Morgan fingerprint density at radius 2 is 1.70 bits per heavy atom. The lowest BCUT2D eigenvalue weighted by molar-refractivity contribution is -0.138. The zero-order valence-electron chi connectivity index (χ0n) is 17.8. The van der Waals surface area contributed by atoms with Gasteiger partial charge in [0.1, 0.15) is 5.60 Å². The minimum Gasteiger partial charge on any atom is -0.463 e. The van der Waals surface area contributed by atoms with Crippen molar-refractivity contribution < 1.29 is 28.4 Å². The van der Waals surface area contributed by atoms with E-state index in [-0.39, 0.29) is 13.2 Å². The number of carbonyl (C=O) groups excluding carboxylic acids is 2. The van der Waals surface area contributed by atoms with Gasteiger partial charge < -0.3 is 23.7 Å². The third-order valence-corrected chi connectivity index (χ3v) is 5.10. The lowest BCUT2D eigenvalue weighted by atomic mass is 9.71. The summed E-state index contributed by atoms with van der Waals surface area (Å²) in [6.45, 7) is 15.9. The summed E-state index contributed by atoms with van der Waals surface area (Å²) in [6, 6.07) is 0. The fraction of sp³-hybridized carbons (Fsp3) is 0.789. The number of rotatable bonds is 3. The van der Waals surface area contributed by atoms with Gasteiger partial charge in [-0.2, -0.15) is 0 Å². The van der Waals surface area contributed by atoms with Crippen molar-refractivity contribution in [3.63, 3.8) is 0 Å². The first kappa shape index (κ1) is 21.8. The van der Waals surface area contributed by atoms with E-state index in [4.69, 9.17) is 18.8 Å². The summed E-state index contributed by atoms with van der Waals surface area (Å²) in [6.07, 6.45) is 0.0155. The molecule has 0 saturated carbocycles. The molecular weight excluding hydrogens is 349 g/mol. The van der Waals surface area contributed by atoms with Crippen LogP contribution >= 0.6 is 0 Å². The van der Waals surface area contributed by atoms with E-state index in [1.54, 1.807) is 6.92 Å². The second kappa shape index (κ2) is 7.47. The summed E-state index contributed by atoms with van der Waals surface area (Å²) in [5.41, 5.74) is -0.463. The molecule has 27 heavy (non-hydrogen) atoms.